The number of rotatable bonds is 4. The fraction of sp³-hybridized carbons (Fsp3) is 0.538. The van der Waals surface area contributed by atoms with Crippen LogP contribution in [0.25, 0.3) is 0 Å². The fourth-order valence-electron chi connectivity index (χ4n) is 2.04. The molecule has 82 valence electrons. The Morgan fingerprint density at radius 3 is 2.73 bits per heavy atom. The van der Waals surface area contributed by atoms with Gasteiger partial charge in [0.2, 0.25) is 0 Å². The molecule has 1 aromatic carbocycles. The van der Waals surface area contributed by atoms with Crippen molar-refractivity contribution in [2.75, 3.05) is 6.61 Å². The van der Waals surface area contributed by atoms with Crippen LogP contribution in [0.15, 0.2) is 24.3 Å². The highest BCUT2D eigenvalue weighted by molar-refractivity contribution is 5.38. The maximum atomic E-state index is 6.00. The first-order valence-corrected chi connectivity index (χ1v) is 5.80. The first kappa shape index (κ1) is 10.5. The van der Waals surface area contributed by atoms with Crippen LogP contribution in [0.3, 0.4) is 0 Å². The molecule has 0 amide bonds. The van der Waals surface area contributed by atoms with Gasteiger partial charge in [-0.25, -0.2) is 0 Å². The van der Waals surface area contributed by atoms with Gasteiger partial charge in [-0.15, -0.1) is 0 Å². The Hall–Kier alpha value is -1.02. The topological polar surface area (TPSA) is 35.2 Å². The zero-order chi connectivity index (χ0) is 10.7. The minimum Gasteiger partial charge on any atom is -0.493 e. The van der Waals surface area contributed by atoms with Crippen molar-refractivity contribution in [3.05, 3.63) is 29.8 Å². The third-order valence-electron chi connectivity index (χ3n) is 3.11. The van der Waals surface area contributed by atoms with Crippen LogP contribution in [0, 0.1) is 0 Å². The molecular formula is C13H19NO. The van der Waals surface area contributed by atoms with Gasteiger partial charge in [-0.3, -0.25) is 0 Å². The van der Waals surface area contributed by atoms with E-state index in [1.54, 1.807) is 0 Å². The van der Waals surface area contributed by atoms with Crippen molar-refractivity contribution in [2.24, 2.45) is 5.73 Å². The van der Waals surface area contributed by atoms with E-state index in [1.807, 2.05) is 6.07 Å². The van der Waals surface area contributed by atoms with Crippen molar-refractivity contribution in [3.8, 4) is 5.75 Å². The Morgan fingerprint density at radius 1 is 1.33 bits per heavy atom. The SMILES string of the molecule is CCCOc1ccccc1C1CCC1N. The molecule has 1 saturated carbocycles. The highest BCUT2D eigenvalue weighted by Gasteiger charge is 2.30. The molecule has 2 rings (SSSR count). The van der Waals surface area contributed by atoms with E-state index in [4.69, 9.17) is 10.5 Å². The van der Waals surface area contributed by atoms with Crippen LogP contribution in [0.2, 0.25) is 0 Å². The Bertz CT molecular complexity index is 324. The van der Waals surface area contributed by atoms with Gasteiger partial charge in [0.05, 0.1) is 6.61 Å². The van der Waals surface area contributed by atoms with Crippen molar-refractivity contribution in [1.82, 2.24) is 0 Å². The maximum Gasteiger partial charge on any atom is 0.122 e. The van der Waals surface area contributed by atoms with E-state index in [1.165, 1.54) is 12.0 Å². The molecule has 0 spiro atoms. The monoisotopic (exact) mass is 205 g/mol. The van der Waals surface area contributed by atoms with Crippen LogP contribution < -0.4 is 10.5 Å². The van der Waals surface area contributed by atoms with Gasteiger partial charge >= 0.3 is 0 Å². The summed E-state index contributed by atoms with van der Waals surface area (Å²) in [6, 6.07) is 8.62. The molecule has 0 radical (unpaired) electrons. The second kappa shape index (κ2) is 4.67. The largest absolute Gasteiger partial charge is 0.493 e. The third-order valence-corrected chi connectivity index (χ3v) is 3.11. The summed E-state index contributed by atoms with van der Waals surface area (Å²) in [5.41, 5.74) is 7.29. The summed E-state index contributed by atoms with van der Waals surface area (Å²) >= 11 is 0. The summed E-state index contributed by atoms with van der Waals surface area (Å²) in [6.07, 6.45) is 3.39. The molecule has 0 aromatic heterocycles. The molecule has 0 bridgehead atoms. The number of hydrogen-bond donors (Lipinski definition) is 1. The van der Waals surface area contributed by atoms with Crippen LogP contribution in [0.5, 0.6) is 5.75 Å². The first-order chi connectivity index (χ1) is 7.33. The van der Waals surface area contributed by atoms with Crippen molar-refractivity contribution in [3.63, 3.8) is 0 Å². The Labute approximate surface area is 91.4 Å². The standard InChI is InChI=1S/C13H19NO/c1-2-9-15-13-6-4-3-5-11(13)10-7-8-12(10)14/h3-6,10,12H,2,7-9,14H2,1H3. The van der Waals surface area contributed by atoms with Gasteiger partial charge in [-0.1, -0.05) is 25.1 Å². The summed E-state index contributed by atoms with van der Waals surface area (Å²) in [4.78, 5) is 0. The lowest BCUT2D eigenvalue weighted by Crippen LogP contribution is -2.37. The van der Waals surface area contributed by atoms with E-state index in [2.05, 4.69) is 25.1 Å². The number of ether oxygens (including phenoxy) is 1. The average molecular weight is 205 g/mol. The molecule has 1 aliphatic rings. The van der Waals surface area contributed by atoms with E-state index < -0.39 is 0 Å². The van der Waals surface area contributed by atoms with Crippen LogP contribution in [-0.2, 0) is 0 Å². The van der Waals surface area contributed by atoms with E-state index in [0.717, 1.165) is 25.2 Å². The zero-order valence-electron chi connectivity index (χ0n) is 9.28. The maximum absolute atomic E-state index is 6.00. The highest BCUT2D eigenvalue weighted by atomic mass is 16.5. The van der Waals surface area contributed by atoms with Gasteiger partial charge in [0.25, 0.3) is 0 Å². The fourth-order valence-corrected chi connectivity index (χ4v) is 2.04. The molecule has 2 nitrogen and oxygen atoms in total. The molecule has 0 saturated heterocycles. The van der Waals surface area contributed by atoms with Gasteiger partial charge in [-0.05, 0) is 30.9 Å². The molecule has 15 heavy (non-hydrogen) atoms. The predicted molar refractivity (Wildman–Crippen MR) is 62.2 cm³/mol. The number of para-hydroxylation sites is 1. The van der Waals surface area contributed by atoms with Crippen LogP contribution >= 0.6 is 0 Å². The molecule has 2 heteroatoms. The van der Waals surface area contributed by atoms with Crippen LogP contribution in [-0.4, -0.2) is 12.6 Å². The average Bonchev–Trinajstić information content (AvgIpc) is 2.26. The summed E-state index contributed by atoms with van der Waals surface area (Å²) in [5, 5.41) is 0. The molecule has 2 atom stereocenters. The van der Waals surface area contributed by atoms with Crippen molar-refractivity contribution in [2.45, 2.75) is 38.1 Å². The first-order valence-electron chi connectivity index (χ1n) is 5.80. The molecule has 2 unspecified atom stereocenters. The summed E-state index contributed by atoms with van der Waals surface area (Å²) < 4.78 is 5.74. The van der Waals surface area contributed by atoms with E-state index >= 15 is 0 Å². The summed E-state index contributed by atoms with van der Waals surface area (Å²) in [6.45, 7) is 2.91. The van der Waals surface area contributed by atoms with Gasteiger partial charge in [0.1, 0.15) is 5.75 Å². The Balaban J connectivity index is 2.14. The zero-order valence-corrected chi connectivity index (χ0v) is 9.28. The molecule has 1 aliphatic carbocycles. The van der Waals surface area contributed by atoms with Crippen molar-refractivity contribution in [1.29, 1.82) is 0 Å². The molecular weight excluding hydrogens is 186 g/mol. The second-order valence-electron chi connectivity index (χ2n) is 4.23. The third kappa shape index (κ3) is 2.15. The molecule has 0 aliphatic heterocycles. The summed E-state index contributed by atoms with van der Waals surface area (Å²) in [7, 11) is 0. The van der Waals surface area contributed by atoms with Gasteiger partial charge in [0, 0.05) is 12.0 Å². The Morgan fingerprint density at radius 2 is 2.13 bits per heavy atom. The van der Waals surface area contributed by atoms with E-state index in [0.29, 0.717) is 12.0 Å². The second-order valence-corrected chi connectivity index (χ2v) is 4.23. The van der Waals surface area contributed by atoms with Crippen LogP contribution in [0.1, 0.15) is 37.7 Å². The molecule has 0 heterocycles. The van der Waals surface area contributed by atoms with Gasteiger partial charge in [0.15, 0.2) is 0 Å². The lowest BCUT2D eigenvalue weighted by atomic mass is 9.75. The lowest BCUT2D eigenvalue weighted by Gasteiger charge is -2.34. The normalized spacial score (nSPS) is 24.7. The molecule has 1 fully saturated rings. The molecule has 2 N–H and O–H groups in total. The number of benzene rings is 1. The highest BCUT2D eigenvalue weighted by Crippen LogP contribution is 2.39. The number of nitrogens with two attached hydrogens (primary N) is 1. The minimum absolute atomic E-state index is 0.330. The Kier molecular flexibility index (Phi) is 3.27. The van der Waals surface area contributed by atoms with Crippen molar-refractivity contribution < 1.29 is 4.74 Å². The van der Waals surface area contributed by atoms with Gasteiger partial charge < -0.3 is 10.5 Å². The van der Waals surface area contributed by atoms with Crippen molar-refractivity contribution >= 4 is 0 Å². The minimum atomic E-state index is 0.330. The summed E-state index contributed by atoms with van der Waals surface area (Å²) in [5.74, 6) is 1.54. The molecule has 1 aromatic rings. The predicted octanol–water partition coefficient (Wildman–Crippen LogP) is 2.68. The van der Waals surface area contributed by atoms with Gasteiger partial charge in [-0.2, -0.15) is 0 Å². The smallest absolute Gasteiger partial charge is 0.122 e. The lowest BCUT2D eigenvalue weighted by molar-refractivity contribution is 0.293. The quantitative estimate of drug-likeness (QED) is 0.820. The van der Waals surface area contributed by atoms with E-state index in [-0.39, 0.29) is 0 Å². The van der Waals surface area contributed by atoms with Crippen LogP contribution in [0.4, 0.5) is 0 Å². The van der Waals surface area contributed by atoms with E-state index in [9.17, 15) is 0 Å². The number of hydrogen-bond acceptors (Lipinski definition) is 2.